The Hall–Kier alpha value is -0.910. The van der Waals surface area contributed by atoms with Crippen LogP contribution in [-0.4, -0.2) is 32.4 Å². The lowest BCUT2D eigenvalue weighted by Crippen LogP contribution is -2.25. The Morgan fingerprint density at radius 2 is 1.90 bits per heavy atom. The second-order valence-electron chi connectivity index (χ2n) is 1.72. The van der Waals surface area contributed by atoms with Crippen LogP contribution in [0.5, 0.6) is 0 Å². The fourth-order valence-electron chi connectivity index (χ4n) is 0.318. The van der Waals surface area contributed by atoms with E-state index in [2.05, 4.69) is 0 Å². The van der Waals surface area contributed by atoms with Gasteiger partial charge in [0.25, 0.3) is 5.97 Å². The van der Waals surface area contributed by atoms with Crippen LogP contribution < -0.4 is 0 Å². The van der Waals surface area contributed by atoms with Gasteiger partial charge in [0.05, 0.1) is 0 Å². The second-order valence-corrected chi connectivity index (χ2v) is 1.72. The fraction of sp³-hybridized carbons (Fsp3) is 0.400. The first-order valence-corrected chi connectivity index (χ1v) is 2.48. The molecule has 0 saturated carbocycles. The molecule has 58 valence electrons. The van der Waals surface area contributed by atoms with Gasteiger partial charge in [0.1, 0.15) is 0 Å². The monoisotopic (exact) mass is 148 g/mol. The smallest absolute Gasteiger partial charge is 0.327 e. The summed E-state index contributed by atoms with van der Waals surface area (Å²) in [5.74, 6) is -4.02. The molecular weight excluding hydrogens is 140 g/mol. The van der Waals surface area contributed by atoms with Crippen molar-refractivity contribution in [2.75, 3.05) is 0 Å². The Kier molecular flexibility index (Phi) is 3.01. The number of aliphatic hydroxyl groups is 3. The van der Waals surface area contributed by atoms with Crippen LogP contribution in [0.2, 0.25) is 0 Å². The van der Waals surface area contributed by atoms with Crippen LogP contribution in [0.25, 0.3) is 0 Å². The van der Waals surface area contributed by atoms with E-state index in [-0.39, 0.29) is 0 Å². The molecule has 0 aliphatic rings. The molecule has 0 aliphatic carbocycles. The van der Waals surface area contributed by atoms with Crippen molar-refractivity contribution in [1.82, 2.24) is 0 Å². The third-order valence-corrected chi connectivity index (χ3v) is 0.652. The number of rotatable bonds is 3. The molecule has 0 heterocycles. The van der Waals surface area contributed by atoms with Crippen molar-refractivity contribution in [3.05, 3.63) is 12.2 Å². The molecule has 5 nitrogen and oxygen atoms in total. The van der Waals surface area contributed by atoms with E-state index >= 15 is 0 Å². The third kappa shape index (κ3) is 7.09. The fourth-order valence-corrected chi connectivity index (χ4v) is 0.318. The maximum absolute atomic E-state index is 9.75. The van der Waals surface area contributed by atoms with Gasteiger partial charge in [0.15, 0.2) is 0 Å². The molecule has 0 rings (SSSR count). The summed E-state index contributed by atoms with van der Waals surface area (Å²) in [6, 6.07) is 0. The van der Waals surface area contributed by atoms with Crippen LogP contribution in [0.4, 0.5) is 0 Å². The normalized spacial score (nSPS) is 12.3. The molecule has 0 radical (unpaired) electrons. The van der Waals surface area contributed by atoms with E-state index in [1.165, 1.54) is 0 Å². The quantitative estimate of drug-likeness (QED) is 0.293. The topological polar surface area (TPSA) is 98.0 Å². The van der Waals surface area contributed by atoms with Gasteiger partial charge in [-0.25, -0.2) is 4.79 Å². The van der Waals surface area contributed by atoms with Crippen LogP contribution in [-0.2, 0) is 4.79 Å². The van der Waals surface area contributed by atoms with Gasteiger partial charge >= 0.3 is 5.97 Å². The van der Waals surface area contributed by atoms with Gasteiger partial charge in [-0.2, -0.15) is 0 Å². The molecule has 0 amide bonds. The zero-order chi connectivity index (χ0) is 8.20. The van der Waals surface area contributed by atoms with Gasteiger partial charge in [-0.05, 0) is 0 Å². The average molecular weight is 148 g/mol. The first kappa shape index (κ1) is 9.09. The van der Waals surface area contributed by atoms with E-state index in [1.54, 1.807) is 0 Å². The van der Waals surface area contributed by atoms with Gasteiger partial charge in [-0.1, -0.05) is 6.08 Å². The summed E-state index contributed by atoms with van der Waals surface area (Å²) in [4.78, 5) is 9.75. The molecule has 0 aromatic carbocycles. The largest absolute Gasteiger partial charge is 0.478 e. The molecule has 0 saturated heterocycles. The molecular formula is C5H8O5. The van der Waals surface area contributed by atoms with E-state index in [1.807, 2.05) is 0 Å². The van der Waals surface area contributed by atoms with E-state index < -0.39 is 18.4 Å². The molecule has 0 aliphatic heterocycles. The molecule has 0 bridgehead atoms. The summed E-state index contributed by atoms with van der Waals surface area (Å²) >= 11 is 0. The Balaban J connectivity index is 3.64. The number of carboxylic acids is 1. The lowest BCUT2D eigenvalue weighted by atomic mass is 10.3. The van der Waals surface area contributed by atoms with E-state index in [4.69, 9.17) is 20.4 Å². The number of carbonyl (C=O) groups is 1. The highest BCUT2D eigenvalue weighted by atomic mass is 16.7. The van der Waals surface area contributed by atoms with Crippen molar-refractivity contribution >= 4 is 5.97 Å². The summed E-state index contributed by atoms with van der Waals surface area (Å²) in [7, 11) is 0. The van der Waals surface area contributed by atoms with Gasteiger partial charge in [-0.15, -0.1) is 0 Å². The minimum Gasteiger partial charge on any atom is -0.478 e. The van der Waals surface area contributed by atoms with Crippen molar-refractivity contribution in [3.8, 4) is 0 Å². The summed E-state index contributed by atoms with van der Waals surface area (Å²) in [5.41, 5.74) is 0. The SMILES string of the molecule is O=C(O)C=CCC(O)(O)O. The van der Waals surface area contributed by atoms with Crippen molar-refractivity contribution in [1.29, 1.82) is 0 Å². The minimum atomic E-state index is -2.81. The molecule has 4 N–H and O–H groups in total. The van der Waals surface area contributed by atoms with Crippen LogP contribution in [0.15, 0.2) is 12.2 Å². The van der Waals surface area contributed by atoms with Crippen LogP contribution in [0.3, 0.4) is 0 Å². The maximum Gasteiger partial charge on any atom is 0.327 e. The highest BCUT2D eigenvalue weighted by Crippen LogP contribution is 1.99. The number of aliphatic carboxylic acids is 1. The van der Waals surface area contributed by atoms with E-state index in [0.29, 0.717) is 6.08 Å². The standard InChI is InChI=1S/C5H8O5/c6-4(7)2-1-3-5(8,9)10/h1-2,8-10H,3H2,(H,6,7). The molecule has 5 heteroatoms. The molecule has 0 atom stereocenters. The Bertz CT molecular complexity index is 143. The highest BCUT2D eigenvalue weighted by molar-refractivity contribution is 5.79. The minimum absolute atomic E-state index is 0.528. The number of carboxylic acid groups (broad SMARTS) is 1. The Morgan fingerprint density at radius 3 is 2.20 bits per heavy atom. The lowest BCUT2D eigenvalue weighted by molar-refractivity contribution is -0.308. The first-order valence-electron chi connectivity index (χ1n) is 2.48. The van der Waals surface area contributed by atoms with Gasteiger partial charge < -0.3 is 20.4 Å². The Labute approximate surface area is 56.8 Å². The summed E-state index contributed by atoms with van der Waals surface area (Å²) in [5, 5.41) is 32.6. The Morgan fingerprint density at radius 1 is 1.40 bits per heavy atom. The molecule has 0 unspecified atom stereocenters. The predicted octanol–water partition coefficient (Wildman–Crippen LogP) is -1.35. The number of hydrogen-bond donors (Lipinski definition) is 4. The van der Waals surface area contributed by atoms with Crippen LogP contribution >= 0.6 is 0 Å². The zero-order valence-corrected chi connectivity index (χ0v) is 5.06. The van der Waals surface area contributed by atoms with Crippen LogP contribution in [0.1, 0.15) is 6.42 Å². The third-order valence-electron chi connectivity index (χ3n) is 0.652. The van der Waals surface area contributed by atoms with Crippen LogP contribution in [0, 0.1) is 0 Å². The van der Waals surface area contributed by atoms with Crippen molar-refractivity contribution in [2.45, 2.75) is 12.4 Å². The molecule has 0 aromatic rings. The molecule has 0 spiro atoms. The first-order chi connectivity index (χ1) is 4.42. The predicted molar refractivity (Wildman–Crippen MR) is 30.8 cm³/mol. The summed E-state index contributed by atoms with van der Waals surface area (Å²) < 4.78 is 0. The molecule has 0 fully saturated rings. The zero-order valence-electron chi connectivity index (χ0n) is 5.06. The van der Waals surface area contributed by atoms with Crippen molar-refractivity contribution in [3.63, 3.8) is 0 Å². The average Bonchev–Trinajstić information content (AvgIpc) is 1.59. The van der Waals surface area contributed by atoms with Gasteiger partial charge in [0, 0.05) is 12.5 Å². The lowest BCUT2D eigenvalue weighted by Gasteiger charge is -2.09. The maximum atomic E-state index is 9.75. The van der Waals surface area contributed by atoms with Crippen molar-refractivity contribution < 1.29 is 25.2 Å². The van der Waals surface area contributed by atoms with E-state index in [9.17, 15) is 4.79 Å². The molecule has 10 heavy (non-hydrogen) atoms. The van der Waals surface area contributed by atoms with E-state index in [0.717, 1.165) is 6.08 Å². The highest BCUT2D eigenvalue weighted by Gasteiger charge is 2.14. The van der Waals surface area contributed by atoms with Gasteiger partial charge in [0.2, 0.25) is 0 Å². The molecule has 0 aromatic heterocycles. The van der Waals surface area contributed by atoms with Crippen molar-refractivity contribution in [2.24, 2.45) is 0 Å². The second kappa shape index (κ2) is 3.31. The number of hydrogen-bond acceptors (Lipinski definition) is 4. The summed E-state index contributed by atoms with van der Waals surface area (Å²) in [6.07, 6.45) is 1.11. The van der Waals surface area contributed by atoms with Gasteiger partial charge in [-0.3, -0.25) is 0 Å². The summed E-state index contributed by atoms with van der Waals surface area (Å²) in [6.45, 7) is 0.